The Labute approximate surface area is 80.8 Å². The summed E-state index contributed by atoms with van der Waals surface area (Å²) >= 11 is 0. The molecule has 0 saturated carbocycles. The van der Waals surface area contributed by atoms with Gasteiger partial charge in [0, 0.05) is 14.0 Å². The minimum absolute atomic E-state index is 0.310. The van der Waals surface area contributed by atoms with Crippen molar-refractivity contribution in [1.82, 2.24) is 16.1 Å². The summed E-state index contributed by atoms with van der Waals surface area (Å²) in [5, 5.41) is 12.8. The molecular weight excluding hydrogens is 190 g/mol. The first-order valence-corrected chi connectivity index (χ1v) is 3.93. The average molecular weight is 203 g/mol. The van der Waals surface area contributed by atoms with E-state index in [1.165, 1.54) is 19.5 Å². The second kappa shape index (κ2) is 5.92. The van der Waals surface area contributed by atoms with E-state index in [2.05, 4.69) is 10.6 Å². The van der Waals surface area contributed by atoms with Crippen molar-refractivity contribution in [3.05, 3.63) is 0 Å². The van der Waals surface area contributed by atoms with Crippen molar-refractivity contribution in [3.63, 3.8) is 0 Å². The lowest BCUT2D eigenvalue weighted by Gasteiger charge is -2.14. The number of likely N-dealkylation sites (N-methyl/N-ethyl adjacent to an activating group) is 1. The smallest absolute Gasteiger partial charge is 0.245 e. The topological polar surface area (TPSA) is 108 Å². The van der Waals surface area contributed by atoms with Gasteiger partial charge < -0.3 is 10.6 Å². The third kappa shape index (κ3) is 4.41. The number of hydrogen-bond donors (Lipinski definition) is 4. The summed E-state index contributed by atoms with van der Waals surface area (Å²) in [6.07, 6.45) is -0.310. The summed E-state index contributed by atoms with van der Waals surface area (Å²) in [4.78, 5) is 32.5. The molecule has 4 N–H and O–H groups in total. The summed E-state index contributed by atoms with van der Waals surface area (Å²) < 4.78 is 0. The quantitative estimate of drug-likeness (QED) is 0.317. The number of amides is 3. The van der Waals surface area contributed by atoms with Crippen LogP contribution in [-0.2, 0) is 14.4 Å². The van der Waals surface area contributed by atoms with E-state index in [-0.39, 0.29) is 6.42 Å². The molecule has 0 aliphatic carbocycles. The van der Waals surface area contributed by atoms with Crippen LogP contribution in [0.1, 0.15) is 13.3 Å². The van der Waals surface area contributed by atoms with Gasteiger partial charge in [0.2, 0.25) is 17.7 Å². The molecule has 0 heterocycles. The lowest BCUT2D eigenvalue weighted by Crippen LogP contribution is -2.47. The minimum atomic E-state index is -0.968. The molecule has 80 valence electrons. The molecular formula is C7H13N3O4. The third-order valence-corrected chi connectivity index (χ3v) is 1.45. The second-order valence-corrected chi connectivity index (χ2v) is 2.61. The van der Waals surface area contributed by atoms with Crippen molar-refractivity contribution in [2.45, 2.75) is 19.4 Å². The van der Waals surface area contributed by atoms with Crippen molar-refractivity contribution in [2.24, 2.45) is 0 Å². The predicted molar refractivity (Wildman–Crippen MR) is 46.2 cm³/mol. The average Bonchev–Trinajstić information content (AvgIpc) is 2.14. The molecule has 7 heteroatoms. The number of carbonyl (C=O) groups is 3. The normalized spacial score (nSPS) is 11.4. The Bertz CT molecular complexity index is 241. The molecule has 1 atom stereocenters. The zero-order valence-corrected chi connectivity index (χ0v) is 7.96. The summed E-state index contributed by atoms with van der Waals surface area (Å²) in [6, 6.07) is -0.968. The van der Waals surface area contributed by atoms with Gasteiger partial charge in [0.05, 0.1) is 6.42 Å². The molecule has 0 spiro atoms. The molecule has 0 rings (SSSR count). The maximum atomic E-state index is 11.1. The summed E-state index contributed by atoms with van der Waals surface area (Å²) in [5.41, 5.74) is 1.38. The van der Waals surface area contributed by atoms with Crippen LogP contribution in [0.2, 0.25) is 0 Å². The van der Waals surface area contributed by atoms with E-state index < -0.39 is 23.8 Å². The molecule has 3 amide bonds. The van der Waals surface area contributed by atoms with Crippen LogP contribution in [0.15, 0.2) is 0 Å². The van der Waals surface area contributed by atoms with Crippen LogP contribution in [-0.4, -0.2) is 36.0 Å². The molecule has 14 heavy (non-hydrogen) atoms. The SMILES string of the molecule is CNC(=O)C(CC(=O)NO)NC(C)=O. The van der Waals surface area contributed by atoms with E-state index in [0.29, 0.717) is 0 Å². The molecule has 0 aromatic heterocycles. The Balaban J connectivity index is 4.31. The Morgan fingerprint density at radius 2 is 1.93 bits per heavy atom. The van der Waals surface area contributed by atoms with Crippen LogP contribution in [0.25, 0.3) is 0 Å². The molecule has 0 saturated heterocycles. The van der Waals surface area contributed by atoms with Crippen LogP contribution in [0.3, 0.4) is 0 Å². The van der Waals surface area contributed by atoms with E-state index in [1.807, 2.05) is 0 Å². The van der Waals surface area contributed by atoms with Crippen LogP contribution in [0, 0.1) is 0 Å². The van der Waals surface area contributed by atoms with Crippen molar-refractivity contribution in [1.29, 1.82) is 0 Å². The number of hydroxylamine groups is 1. The van der Waals surface area contributed by atoms with Crippen molar-refractivity contribution in [2.75, 3.05) is 7.05 Å². The summed E-state index contributed by atoms with van der Waals surface area (Å²) in [6.45, 7) is 1.23. The van der Waals surface area contributed by atoms with Crippen molar-refractivity contribution in [3.8, 4) is 0 Å². The molecule has 0 aliphatic heterocycles. The fourth-order valence-electron chi connectivity index (χ4n) is 0.860. The molecule has 0 fully saturated rings. The Hall–Kier alpha value is -1.63. The summed E-state index contributed by atoms with van der Waals surface area (Å²) in [5.74, 6) is -1.67. The molecule has 0 aromatic rings. The molecule has 0 aliphatic rings. The molecule has 0 bridgehead atoms. The number of nitrogens with one attached hydrogen (secondary N) is 3. The van der Waals surface area contributed by atoms with Gasteiger partial charge in [-0.15, -0.1) is 0 Å². The van der Waals surface area contributed by atoms with Crippen LogP contribution in [0.5, 0.6) is 0 Å². The van der Waals surface area contributed by atoms with E-state index in [0.717, 1.165) is 0 Å². The zero-order valence-electron chi connectivity index (χ0n) is 7.96. The number of carbonyl (C=O) groups excluding carboxylic acids is 3. The van der Waals surface area contributed by atoms with E-state index in [4.69, 9.17) is 5.21 Å². The van der Waals surface area contributed by atoms with E-state index >= 15 is 0 Å². The van der Waals surface area contributed by atoms with Crippen LogP contribution in [0.4, 0.5) is 0 Å². The van der Waals surface area contributed by atoms with Crippen LogP contribution >= 0.6 is 0 Å². The fraction of sp³-hybridized carbons (Fsp3) is 0.571. The van der Waals surface area contributed by atoms with Gasteiger partial charge in [-0.1, -0.05) is 0 Å². The van der Waals surface area contributed by atoms with Crippen molar-refractivity contribution >= 4 is 17.7 Å². The fourth-order valence-corrected chi connectivity index (χ4v) is 0.860. The monoisotopic (exact) mass is 203 g/mol. The van der Waals surface area contributed by atoms with Gasteiger partial charge in [-0.3, -0.25) is 19.6 Å². The van der Waals surface area contributed by atoms with Gasteiger partial charge in [-0.05, 0) is 0 Å². The van der Waals surface area contributed by atoms with Gasteiger partial charge in [-0.2, -0.15) is 0 Å². The highest BCUT2D eigenvalue weighted by Gasteiger charge is 2.21. The van der Waals surface area contributed by atoms with Crippen LogP contribution < -0.4 is 16.1 Å². The predicted octanol–water partition coefficient (Wildman–Crippen LogP) is -1.87. The van der Waals surface area contributed by atoms with Crippen molar-refractivity contribution < 1.29 is 19.6 Å². The minimum Gasteiger partial charge on any atom is -0.357 e. The molecule has 0 radical (unpaired) electrons. The number of rotatable bonds is 4. The molecule has 7 nitrogen and oxygen atoms in total. The van der Waals surface area contributed by atoms with Gasteiger partial charge >= 0.3 is 0 Å². The highest BCUT2D eigenvalue weighted by molar-refractivity contribution is 5.91. The third-order valence-electron chi connectivity index (χ3n) is 1.45. The Morgan fingerprint density at radius 3 is 2.29 bits per heavy atom. The largest absolute Gasteiger partial charge is 0.357 e. The standard InChI is InChI=1S/C7H13N3O4/c1-4(11)9-5(7(13)8-2)3-6(12)10-14/h5,14H,3H2,1-2H3,(H,8,13)(H,9,11)(H,10,12). The molecule has 0 aromatic carbocycles. The summed E-state index contributed by atoms with van der Waals surface area (Å²) in [7, 11) is 1.38. The first-order chi connectivity index (χ1) is 6.51. The van der Waals surface area contributed by atoms with Gasteiger partial charge in [0.15, 0.2) is 0 Å². The van der Waals surface area contributed by atoms with Gasteiger partial charge in [0.1, 0.15) is 6.04 Å². The first kappa shape index (κ1) is 12.4. The lowest BCUT2D eigenvalue weighted by molar-refractivity contribution is -0.134. The van der Waals surface area contributed by atoms with Gasteiger partial charge in [-0.25, -0.2) is 5.48 Å². The highest BCUT2D eigenvalue weighted by Crippen LogP contribution is 1.92. The van der Waals surface area contributed by atoms with Gasteiger partial charge in [0.25, 0.3) is 0 Å². The molecule has 1 unspecified atom stereocenters. The second-order valence-electron chi connectivity index (χ2n) is 2.61. The number of hydrogen-bond acceptors (Lipinski definition) is 4. The highest BCUT2D eigenvalue weighted by atomic mass is 16.5. The maximum Gasteiger partial charge on any atom is 0.245 e. The Kier molecular flexibility index (Phi) is 5.23. The first-order valence-electron chi connectivity index (χ1n) is 3.93. The Morgan fingerprint density at radius 1 is 1.36 bits per heavy atom. The lowest BCUT2D eigenvalue weighted by atomic mass is 10.2. The van der Waals surface area contributed by atoms with E-state index in [1.54, 1.807) is 0 Å². The zero-order chi connectivity index (χ0) is 11.1. The maximum absolute atomic E-state index is 11.1. The van der Waals surface area contributed by atoms with E-state index in [9.17, 15) is 14.4 Å².